The number of amides is 2. The summed E-state index contributed by atoms with van der Waals surface area (Å²) in [5.41, 5.74) is 2.48. The molecule has 4 heterocycles. The number of hydrogen-bond acceptors (Lipinski definition) is 6. The minimum atomic E-state index is -0.606. The Labute approximate surface area is 241 Å². The molecule has 0 bridgehead atoms. The van der Waals surface area contributed by atoms with E-state index >= 15 is 0 Å². The van der Waals surface area contributed by atoms with E-state index in [0.717, 1.165) is 62.3 Å². The molecule has 1 unspecified atom stereocenters. The van der Waals surface area contributed by atoms with Crippen molar-refractivity contribution in [3.8, 4) is 0 Å². The Morgan fingerprint density at radius 3 is 2.59 bits per heavy atom. The number of aromatic nitrogens is 1. The van der Waals surface area contributed by atoms with Gasteiger partial charge in [0.05, 0.1) is 17.9 Å². The molecular weight excluding hydrogens is 526 g/mol. The van der Waals surface area contributed by atoms with Gasteiger partial charge in [-0.1, -0.05) is 19.9 Å². The van der Waals surface area contributed by atoms with Gasteiger partial charge < -0.3 is 15.1 Å². The highest BCUT2D eigenvalue weighted by Crippen LogP contribution is 2.40. The number of halogens is 2. The molecule has 3 aliphatic rings. The summed E-state index contributed by atoms with van der Waals surface area (Å²) in [6.07, 6.45) is 2.00. The van der Waals surface area contributed by atoms with Crippen molar-refractivity contribution in [2.75, 3.05) is 57.3 Å². The number of carbonyl (C=O) groups is 2. The summed E-state index contributed by atoms with van der Waals surface area (Å²) in [6.45, 7) is 15.6. The first-order valence-corrected chi connectivity index (χ1v) is 14.6. The zero-order chi connectivity index (χ0) is 29.5. The van der Waals surface area contributed by atoms with E-state index in [4.69, 9.17) is 4.98 Å². The largest absolute Gasteiger partial charge is 0.340 e. The highest BCUT2D eigenvalue weighted by molar-refractivity contribution is 5.97. The molecule has 0 aliphatic carbocycles. The van der Waals surface area contributed by atoms with Crippen LogP contribution in [0.2, 0.25) is 0 Å². The number of hydrogen-bond donors (Lipinski definition) is 1. The summed E-state index contributed by atoms with van der Waals surface area (Å²) in [6, 6.07) is 6.24. The third-order valence-corrected chi connectivity index (χ3v) is 8.84. The average molecular weight is 569 g/mol. The average Bonchev–Trinajstić information content (AvgIpc) is 3.18. The molecule has 2 aromatic rings. The van der Waals surface area contributed by atoms with Gasteiger partial charge >= 0.3 is 0 Å². The number of nitrogens with zero attached hydrogens (tertiary/aromatic N) is 5. The van der Waals surface area contributed by atoms with Gasteiger partial charge in [0.2, 0.25) is 11.8 Å². The number of anilines is 1. The van der Waals surface area contributed by atoms with Gasteiger partial charge in [-0.05, 0) is 37.1 Å². The number of nitrogens with one attached hydrogen (secondary N) is 1. The van der Waals surface area contributed by atoms with Crippen molar-refractivity contribution in [2.45, 2.75) is 64.6 Å². The molecule has 0 spiro atoms. The van der Waals surface area contributed by atoms with Crippen molar-refractivity contribution in [1.29, 1.82) is 0 Å². The predicted molar refractivity (Wildman–Crippen MR) is 155 cm³/mol. The maximum atomic E-state index is 14.4. The lowest BCUT2D eigenvalue weighted by Crippen LogP contribution is -2.63. The molecule has 1 aromatic heterocycles. The Morgan fingerprint density at radius 1 is 1.10 bits per heavy atom. The van der Waals surface area contributed by atoms with E-state index in [1.165, 1.54) is 12.1 Å². The number of carbonyl (C=O) groups excluding carboxylic acids is 2. The molecule has 2 saturated heterocycles. The Bertz CT molecular complexity index is 1300. The van der Waals surface area contributed by atoms with Crippen LogP contribution < -0.4 is 10.2 Å². The zero-order valence-electron chi connectivity index (χ0n) is 24.8. The molecule has 0 saturated carbocycles. The molecule has 2 amide bonds. The van der Waals surface area contributed by atoms with Gasteiger partial charge in [-0.25, -0.2) is 8.78 Å². The Kier molecular flexibility index (Phi) is 8.46. The van der Waals surface area contributed by atoms with Crippen molar-refractivity contribution in [2.24, 2.45) is 0 Å². The van der Waals surface area contributed by atoms with Crippen LogP contribution in [0.4, 0.5) is 14.5 Å². The fraction of sp³-hybridized carbons (Fsp3) is 0.581. The van der Waals surface area contributed by atoms with Crippen LogP contribution in [0.5, 0.6) is 0 Å². The standard InChI is InChI=1S/C31H42F2N6O2/c1-20-15-38(26(14-34-20)17-36-8-9-37(22(3)40)16-21(36)2)18-29(41)39-19-31(4,5)30-28(39)11-23(13-35-30)10-24-6-7-25(32)12-27(24)33/h6-7,11-13,20-21,26,34H,8-10,14-19H2,1-5H3/t20?,21-,26-/m1/s1. The molecule has 3 atom stereocenters. The van der Waals surface area contributed by atoms with Crippen LogP contribution in [0.1, 0.15) is 51.4 Å². The van der Waals surface area contributed by atoms with Gasteiger partial charge in [0.15, 0.2) is 0 Å². The van der Waals surface area contributed by atoms with Crippen LogP contribution in [0.25, 0.3) is 0 Å². The molecule has 41 heavy (non-hydrogen) atoms. The lowest BCUT2D eigenvalue weighted by atomic mass is 9.91. The number of rotatable bonds is 6. The summed E-state index contributed by atoms with van der Waals surface area (Å²) < 4.78 is 27.8. The summed E-state index contributed by atoms with van der Waals surface area (Å²) in [7, 11) is 0. The van der Waals surface area contributed by atoms with E-state index < -0.39 is 11.6 Å². The number of piperazine rings is 2. The van der Waals surface area contributed by atoms with Crippen LogP contribution >= 0.6 is 0 Å². The van der Waals surface area contributed by atoms with Gasteiger partial charge in [0, 0.05) is 95.0 Å². The summed E-state index contributed by atoms with van der Waals surface area (Å²) in [5, 5.41) is 3.58. The zero-order valence-corrected chi connectivity index (χ0v) is 24.8. The normalized spacial score (nSPS) is 24.9. The van der Waals surface area contributed by atoms with Crippen LogP contribution in [-0.2, 0) is 21.4 Å². The van der Waals surface area contributed by atoms with Crippen molar-refractivity contribution < 1.29 is 18.4 Å². The van der Waals surface area contributed by atoms with E-state index in [2.05, 4.69) is 42.8 Å². The Morgan fingerprint density at radius 2 is 1.88 bits per heavy atom. The molecular formula is C31H42F2N6O2. The highest BCUT2D eigenvalue weighted by atomic mass is 19.1. The molecule has 222 valence electrons. The van der Waals surface area contributed by atoms with Crippen molar-refractivity contribution in [3.05, 3.63) is 58.9 Å². The number of pyridine rings is 1. The first-order chi connectivity index (χ1) is 19.4. The second-order valence-electron chi connectivity index (χ2n) is 12.7. The molecule has 2 fully saturated rings. The van der Waals surface area contributed by atoms with Crippen LogP contribution in [0, 0.1) is 11.6 Å². The third-order valence-electron chi connectivity index (χ3n) is 8.84. The van der Waals surface area contributed by atoms with Gasteiger partial charge in [0.25, 0.3) is 0 Å². The van der Waals surface area contributed by atoms with Gasteiger partial charge in [-0.15, -0.1) is 0 Å². The fourth-order valence-corrected chi connectivity index (χ4v) is 6.47. The summed E-state index contributed by atoms with van der Waals surface area (Å²) in [5.74, 6) is -1.05. The third kappa shape index (κ3) is 6.44. The van der Waals surface area contributed by atoms with E-state index in [1.807, 2.05) is 15.9 Å². The molecule has 0 radical (unpaired) electrons. The summed E-state index contributed by atoms with van der Waals surface area (Å²) in [4.78, 5) is 39.0. The minimum Gasteiger partial charge on any atom is -0.340 e. The first-order valence-electron chi connectivity index (χ1n) is 14.6. The van der Waals surface area contributed by atoms with E-state index in [9.17, 15) is 18.4 Å². The minimum absolute atomic E-state index is 0.0253. The van der Waals surface area contributed by atoms with Crippen LogP contribution in [0.3, 0.4) is 0 Å². The molecule has 5 rings (SSSR count). The predicted octanol–water partition coefficient (Wildman–Crippen LogP) is 2.79. The lowest BCUT2D eigenvalue weighted by molar-refractivity contribution is -0.132. The topological polar surface area (TPSA) is 72.0 Å². The molecule has 1 aromatic carbocycles. The van der Waals surface area contributed by atoms with Crippen LogP contribution in [0.15, 0.2) is 30.5 Å². The monoisotopic (exact) mass is 568 g/mol. The van der Waals surface area contributed by atoms with Gasteiger partial charge in [-0.2, -0.15) is 0 Å². The molecule has 10 heteroatoms. The molecule has 8 nitrogen and oxygen atoms in total. The quantitative estimate of drug-likeness (QED) is 0.578. The first kappa shape index (κ1) is 29.5. The number of benzene rings is 1. The lowest BCUT2D eigenvalue weighted by Gasteiger charge is -2.45. The second kappa shape index (κ2) is 11.7. The second-order valence-corrected chi connectivity index (χ2v) is 12.7. The maximum absolute atomic E-state index is 14.4. The van der Waals surface area contributed by atoms with E-state index in [0.29, 0.717) is 18.7 Å². The van der Waals surface area contributed by atoms with Crippen molar-refractivity contribution in [3.63, 3.8) is 0 Å². The maximum Gasteiger partial charge on any atom is 0.241 e. The SMILES string of the molecule is CC(=O)N1CCN(C[C@H]2CNC(C)CN2CC(=O)N2CC(C)(C)c3ncc(Cc4ccc(F)cc4F)cc32)[C@H](C)C1. The molecule has 3 aliphatic heterocycles. The summed E-state index contributed by atoms with van der Waals surface area (Å²) >= 11 is 0. The van der Waals surface area contributed by atoms with Gasteiger partial charge in [0.1, 0.15) is 11.6 Å². The fourth-order valence-electron chi connectivity index (χ4n) is 6.47. The Balaban J connectivity index is 1.31. The van der Waals surface area contributed by atoms with Gasteiger partial charge in [-0.3, -0.25) is 24.4 Å². The van der Waals surface area contributed by atoms with E-state index in [1.54, 1.807) is 13.1 Å². The Hall–Kier alpha value is -2.95. The highest BCUT2D eigenvalue weighted by Gasteiger charge is 2.41. The smallest absolute Gasteiger partial charge is 0.241 e. The van der Waals surface area contributed by atoms with E-state index in [-0.39, 0.29) is 41.8 Å². The molecule has 1 N–H and O–H groups in total. The van der Waals surface area contributed by atoms with Crippen LogP contribution in [-0.4, -0.2) is 102 Å². The number of fused-ring (bicyclic) bond motifs is 1. The van der Waals surface area contributed by atoms with Crippen molar-refractivity contribution in [1.82, 2.24) is 25.0 Å². The van der Waals surface area contributed by atoms with Crippen molar-refractivity contribution >= 4 is 17.5 Å².